The lowest BCUT2D eigenvalue weighted by molar-refractivity contribution is -0.136. The number of benzene rings is 2. The van der Waals surface area contributed by atoms with Crippen molar-refractivity contribution in [3.8, 4) is 5.75 Å². The van der Waals surface area contributed by atoms with Crippen molar-refractivity contribution in [2.24, 2.45) is 11.1 Å². The van der Waals surface area contributed by atoms with Crippen LogP contribution in [0.1, 0.15) is 31.4 Å². The number of halogens is 1. The number of methoxy groups -OCH3 is 1. The number of hydrogen-bond acceptors (Lipinski definition) is 4. The summed E-state index contributed by atoms with van der Waals surface area (Å²) in [6, 6.07) is 15.3. The SMILES string of the molecule is COc1ccccc1C1=NO[C@H](CN(Cc2ccccc2Cl)C(=O)C(C)C)C1. The second-order valence-corrected chi connectivity index (χ2v) is 7.54. The van der Waals surface area contributed by atoms with Gasteiger partial charge in [-0.2, -0.15) is 0 Å². The van der Waals surface area contributed by atoms with Gasteiger partial charge in [0.2, 0.25) is 5.91 Å². The van der Waals surface area contributed by atoms with Gasteiger partial charge in [-0.1, -0.05) is 60.9 Å². The van der Waals surface area contributed by atoms with Crippen LogP contribution in [0.15, 0.2) is 53.7 Å². The highest BCUT2D eigenvalue weighted by atomic mass is 35.5. The fraction of sp³-hybridized carbons (Fsp3) is 0.364. The monoisotopic (exact) mass is 400 g/mol. The molecule has 1 amide bonds. The molecule has 2 aromatic carbocycles. The van der Waals surface area contributed by atoms with Gasteiger partial charge in [0.15, 0.2) is 6.10 Å². The Morgan fingerprint density at radius 1 is 1.25 bits per heavy atom. The van der Waals surface area contributed by atoms with Gasteiger partial charge in [0, 0.05) is 29.5 Å². The zero-order chi connectivity index (χ0) is 20.1. The Labute approximate surface area is 170 Å². The van der Waals surface area contributed by atoms with Gasteiger partial charge >= 0.3 is 0 Å². The Bertz CT molecular complexity index is 866. The summed E-state index contributed by atoms with van der Waals surface area (Å²) in [5, 5.41) is 4.91. The molecule has 6 heteroatoms. The van der Waals surface area contributed by atoms with Gasteiger partial charge in [-0.15, -0.1) is 0 Å². The lowest BCUT2D eigenvalue weighted by Crippen LogP contribution is -2.39. The average Bonchev–Trinajstić information content (AvgIpc) is 3.16. The molecular formula is C22H25ClN2O3. The van der Waals surface area contributed by atoms with Gasteiger partial charge in [-0.3, -0.25) is 4.79 Å². The van der Waals surface area contributed by atoms with Crippen LogP contribution in [0.3, 0.4) is 0 Å². The molecule has 0 aliphatic carbocycles. The van der Waals surface area contributed by atoms with Gasteiger partial charge < -0.3 is 14.5 Å². The van der Waals surface area contributed by atoms with E-state index in [-0.39, 0.29) is 17.9 Å². The number of carbonyl (C=O) groups excluding carboxylic acids is 1. The summed E-state index contributed by atoms with van der Waals surface area (Å²) in [7, 11) is 1.64. The molecule has 1 atom stereocenters. The second kappa shape index (κ2) is 9.11. The number of amides is 1. The zero-order valence-electron chi connectivity index (χ0n) is 16.4. The van der Waals surface area contributed by atoms with Gasteiger partial charge in [0.1, 0.15) is 5.75 Å². The minimum Gasteiger partial charge on any atom is -0.496 e. The third-order valence-electron chi connectivity index (χ3n) is 4.70. The van der Waals surface area contributed by atoms with E-state index in [0.29, 0.717) is 24.5 Å². The van der Waals surface area contributed by atoms with E-state index in [1.54, 1.807) is 12.0 Å². The number of para-hydroxylation sites is 1. The fourth-order valence-corrected chi connectivity index (χ4v) is 3.44. The molecular weight excluding hydrogens is 376 g/mol. The van der Waals surface area contributed by atoms with Crippen LogP contribution in [0.25, 0.3) is 0 Å². The first-order valence-electron chi connectivity index (χ1n) is 9.38. The first kappa shape index (κ1) is 20.2. The Morgan fingerprint density at radius 3 is 2.68 bits per heavy atom. The standard InChI is InChI=1S/C22H25ClN2O3/c1-15(2)22(26)25(13-16-8-4-6-10-19(16)23)14-17-12-20(24-28-17)18-9-5-7-11-21(18)27-3/h4-11,15,17H,12-14H2,1-3H3/t17-/m0/s1. The van der Waals surface area contributed by atoms with Crippen LogP contribution in [-0.2, 0) is 16.2 Å². The minimum absolute atomic E-state index is 0.0641. The maximum Gasteiger partial charge on any atom is 0.225 e. The average molecular weight is 401 g/mol. The van der Waals surface area contributed by atoms with E-state index in [2.05, 4.69) is 5.16 Å². The first-order valence-corrected chi connectivity index (χ1v) is 9.75. The predicted octanol–water partition coefficient (Wildman–Crippen LogP) is 4.53. The Kier molecular flexibility index (Phi) is 6.57. The summed E-state index contributed by atoms with van der Waals surface area (Å²) in [6.45, 7) is 4.69. The Morgan fingerprint density at radius 2 is 1.96 bits per heavy atom. The molecule has 0 aromatic heterocycles. The molecule has 0 unspecified atom stereocenters. The quantitative estimate of drug-likeness (QED) is 0.686. The van der Waals surface area contributed by atoms with E-state index in [0.717, 1.165) is 22.6 Å². The van der Waals surface area contributed by atoms with Gasteiger partial charge in [0.05, 0.1) is 19.4 Å². The van der Waals surface area contributed by atoms with Crippen LogP contribution in [0.5, 0.6) is 5.75 Å². The van der Waals surface area contributed by atoms with Crippen molar-refractivity contribution >= 4 is 23.2 Å². The molecule has 1 aliphatic rings. The number of hydrogen-bond donors (Lipinski definition) is 0. The molecule has 0 saturated heterocycles. The highest BCUT2D eigenvalue weighted by molar-refractivity contribution is 6.31. The molecule has 0 spiro atoms. The van der Waals surface area contributed by atoms with Gasteiger partial charge in [-0.05, 0) is 23.8 Å². The van der Waals surface area contributed by atoms with E-state index in [1.807, 2.05) is 62.4 Å². The van der Waals surface area contributed by atoms with E-state index >= 15 is 0 Å². The fourth-order valence-electron chi connectivity index (χ4n) is 3.24. The lowest BCUT2D eigenvalue weighted by Gasteiger charge is -2.27. The van der Waals surface area contributed by atoms with E-state index < -0.39 is 0 Å². The maximum atomic E-state index is 12.8. The van der Waals surface area contributed by atoms with E-state index in [4.69, 9.17) is 21.2 Å². The molecule has 0 N–H and O–H groups in total. The van der Waals surface area contributed by atoms with Crippen molar-refractivity contribution in [1.82, 2.24) is 4.90 Å². The molecule has 5 nitrogen and oxygen atoms in total. The molecule has 148 valence electrons. The molecule has 0 saturated carbocycles. The Balaban J connectivity index is 1.72. The number of nitrogens with zero attached hydrogens (tertiary/aromatic N) is 2. The smallest absolute Gasteiger partial charge is 0.225 e. The predicted molar refractivity (Wildman–Crippen MR) is 111 cm³/mol. The Hall–Kier alpha value is -2.53. The van der Waals surface area contributed by atoms with E-state index in [9.17, 15) is 4.79 Å². The summed E-state index contributed by atoms with van der Waals surface area (Å²) in [4.78, 5) is 20.2. The zero-order valence-corrected chi connectivity index (χ0v) is 17.1. The normalized spacial score (nSPS) is 15.9. The number of oxime groups is 1. The highest BCUT2D eigenvalue weighted by Gasteiger charge is 2.29. The molecule has 3 rings (SSSR count). The first-order chi connectivity index (χ1) is 13.5. The number of carbonyl (C=O) groups is 1. The van der Waals surface area contributed by atoms with Crippen LogP contribution in [0.4, 0.5) is 0 Å². The molecule has 0 fully saturated rings. The third kappa shape index (κ3) is 4.65. The maximum absolute atomic E-state index is 12.8. The topological polar surface area (TPSA) is 51.1 Å². The van der Waals surface area contributed by atoms with Crippen molar-refractivity contribution in [2.45, 2.75) is 32.9 Å². The van der Waals surface area contributed by atoms with Crippen molar-refractivity contribution in [3.05, 3.63) is 64.7 Å². The summed E-state index contributed by atoms with van der Waals surface area (Å²) in [6.07, 6.45) is 0.412. The van der Waals surface area contributed by atoms with Crippen LogP contribution in [0, 0.1) is 5.92 Å². The highest BCUT2D eigenvalue weighted by Crippen LogP contribution is 2.26. The number of ether oxygens (including phenoxy) is 1. The van der Waals surface area contributed by atoms with Crippen molar-refractivity contribution in [3.63, 3.8) is 0 Å². The molecule has 28 heavy (non-hydrogen) atoms. The van der Waals surface area contributed by atoms with Crippen molar-refractivity contribution in [1.29, 1.82) is 0 Å². The molecule has 2 aromatic rings. The molecule has 1 heterocycles. The van der Waals surface area contributed by atoms with Crippen LogP contribution < -0.4 is 4.74 Å². The van der Waals surface area contributed by atoms with Crippen LogP contribution in [0.2, 0.25) is 5.02 Å². The van der Waals surface area contributed by atoms with Crippen molar-refractivity contribution in [2.75, 3.05) is 13.7 Å². The number of rotatable bonds is 7. The van der Waals surface area contributed by atoms with Gasteiger partial charge in [0.25, 0.3) is 0 Å². The third-order valence-corrected chi connectivity index (χ3v) is 5.07. The summed E-state index contributed by atoms with van der Waals surface area (Å²) in [5.74, 6) is 0.712. The van der Waals surface area contributed by atoms with Crippen LogP contribution in [-0.4, -0.2) is 36.3 Å². The second-order valence-electron chi connectivity index (χ2n) is 7.13. The molecule has 1 aliphatic heterocycles. The molecule has 0 radical (unpaired) electrons. The summed E-state index contributed by atoms with van der Waals surface area (Å²) in [5.41, 5.74) is 2.67. The summed E-state index contributed by atoms with van der Waals surface area (Å²) < 4.78 is 5.42. The van der Waals surface area contributed by atoms with Crippen molar-refractivity contribution < 1.29 is 14.4 Å². The summed E-state index contributed by atoms with van der Waals surface area (Å²) >= 11 is 6.30. The van der Waals surface area contributed by atoms with Crippen LogP contribution >= 0.6 is 11.6 Å². The largest absolute Gasteiger partial charge is 0.496 e. The lowest BCUT2D eigenvalue weighted by atomic mass is 10.0. The van der Waals surface area contributed by atoms with E-state index in [1.165, 1.54) is 0 Å². The molecule has 0 bridgehead atoms. The van der Waals surface area contributed by atoms with Gasteiger partial charge in [-0.25, -0.2) is 0 Å². The minimum atomic E-state index is -0.204.